The van der Waals surface area contributed by atoms with Gasteiger partial charge in [0.2, 0.25) is 0 Å². The molecule has 2 unspecified atom stereocenters. The van der Waals surface area contributed by atoms with Gasteiger partial charge >= 0.3 is 18.6 Å². The molecule has 1 radical (unpaired) electrons. The quantitative estimate of drug-likeness (QED) is 0.472. The van der Waals surface area contributed by atoms with E-state index in [1.54, 1.807) is 0 Å². The number of aliphatic imine (C=N–C) groups is 4. The van der Waals surface area contributed by atoms with Crippen molar-refractivity contribution in [3.63, 3.8) is 0 Å². The number of hydrogen-bond donors (Lipinski definition) is 0. The van der Waals surface area contributed by atoms with Crippen LogP contribution in [0.3, 0.4) is 0 Å². The van der Waals surface area contributed by atoms with Gasteiger partial charge in [-0.05, 0) is 38.1 Å². The first-order chi connectivity index (χ1) is 12.7. The summed E-state index contributed by atoms with van der Waals surface area (Å²) in [7, 11) is 0. The molecule has 4 aliphatic rings. The third kappa shape index (κ3) is 4.43. The Balaban J connectivity index is 0.000001000. The SMILES string of the molecule is CC1=CC2N=C(c3cccc(C4=NC5C=C(C)C=CC5=N4)n3)N=C2C=C1.[Cl-].[Cl-].[V+2]. The normalized spacial score (nSPS) is 23.0. The monoisotopic (exact) mass is 460 g/mol. The van der Waals surface area contributed by atoms with Crippen molar-refractivity contribution in [2.24, 2.45) is 20.0 Å². The van der Waals surface area contributed by atoms with Crippen LogP contribution in [0, 0.1) is 0 Å². The van der Waals surface area contributed by atoms with Gasteiger partial charge < -0.3 is 24.8 Å². The number of hydrogen-bond acceptors (Lipinski definition) is 5. The molecule has 0 saturated carbocycles. The van der Waals surface area contributed by atoms with Crippen LogP contribution in [-0.4, -0.2) is 40.2 Å². The summed E-state index contributed by atoms with van der Waals surface area (Å²) in [5.74, 6) is 1.34. The second-order valence-electron chi connectivity index (χ2n) is 6.76. The summed E-state index contributed by atoms with van der Waals surface area (Å²) in [4.78, 5) is 23.4. The van der Waals surface area contributed by atoms with Crippen LogP contribution in [-0.2, 0) is 18.6 Å². The molecule has 2 aliphatic carbocycles. The number of aromatic nitrogens is 1. The predicted octanol–water partition coefficient (Wildman–Crippen LogP) is -2.74. The van der Waals surface area contributed by atoms with E-state index < -0.39 is 0 Å². The molecule has 0 spiro atoms. The second-order valence-corrected chi connectivity index (χ2v) is 6.76. The van der Waals surface area contributed by atoms with Crippen molar-refractivity contribution >= 4 is 23.1 Å². The topological polar surface area (TPSA) is 62.3 Å². The summed E-state index contributed by atoms with van der Waals surface area (Å²) in [5.41, 5.74) is 5.85. The maximum Gasteiger partial charge on any atom is 2.00 e. The van der Waals surface area contributed by atoms with Gasteiger partial charge in [-0.25, -0.2) is 15.0 Å². The van der Waals surface area contributed by atoms with Gasteiger partial charge in [-0.2, -0.15) is 0 Å². The van der Waals surface area contributed by atoms with E-state index in [1.807, 2.05) is 30.4 Å². The van der Waals surface area contributed by atoms with Crippen LogP contribution in [0.25, 0.3) is 0 Å². The molecule has 0 fully saturated rings. The standard InChI is InChI=1S/C21H17N5.2ClH.V/c1-12-6-8-14-18(10-12)25-20(23-14)16-4-3-5-17(22-16)21-24-15-9-7-13(2)11-19(15)26-21;;;/h3-11,18-19H,1-2H3;2*1H;/q;;;+2/p-2. The van der Waals surface area contributed by atoms with Crippen molar-refractivity contribution in [3.8, 4) is 0 Å². The van der Waals surface area contributed by atoms with E-state index in [1.165, 1.54) is 11.1 Å². The maximum atomic E-state index is 4.73. The van der Waals surface area contributed by atoms with Crippen LogP contribution in [0.1, 0.15) is 25.2 Å². The molecule has 0 N–H and O–H groups in total. The molecule has 5 nitrogen and oxygen atoms in total. The summed E-state index contributed by atoms with van der Waals surface area (Å²) >= 11 is 0. The Hall–Kier alpha value is -2.05. The molecule has 5 rings (SSSR count). The van der Waals surface area contributed by atoms with E-state index in [9.17, 15) is 0 Å². The molecule has 29 heavy (non-hydrogen) atoms. The molecule has 0 aromatic carbocycles. The fourth-order valence-corrected chi connectivity index (χ4v) is 3.32. The van der Waals surface area contributed by atoms with E-state index in [0.29, 0.717) is 11.7 Å². The largest absolute Gasteiger partial charge is 2.00 e. The van der Waals surface area contributed by atoms with Gasteiger partial charge in [0.25, 0.3) is 0 Å². The zero-order chi connectivity index (χ0) is 17.7. The first-order valence-electron chi connectivity index (χ1n) is 8.69. The fraction of sp³-hybridized carbons (Fsp3) is 0.190. The van der Waals surface area contributed by atoms with Crippen LogP contribution in [0.2, 0.25) is 0 Å². The van der Waals surface area contributed by atoms with E-state index in [2.05, 4.69) is 48.1 Å². The van der Waals surface area contributed by atoms with Crippen molar-refractivity contribution in [1.29, 1.82) is 0 Å². The molecule has 0 saturated heterocycles. The zero-order valence-corrected chi connectivity index (χ0v) is 18.7. The van der Waals surface area contributed by atoms with Gasteiger partial charge in [-0.15, -0.1) is 0 Å². The van der Waals surface area contributed by atoms with E-state index in [4.69, 9.17) is 15.0 Å². The number of allylic oxidation sites excluding steroid dienone is 4. The average Bonchev–Trinajstić information content (AvgIpc) is 3.25. The zero-order valence-electron chi connectivity index (χ0n) is 15.8. The Morgan fingerprint density at radius 2 is 1.14 bits per heavy atom. The van der Waals surface area contributed by atoms with Gasteiger partial charge in [0.05, 0.1) is 11.4 Å². The number of fused-ring (bicyclic) bond motifs is 2. The Morgan fingerprint density at radius 3 is 1.59 bits per heavy atom. The smallest absolute Gasteiger partial charge is 1.00 e. The summed E-state index contributed by atoms with van der Waals surface area (Å²) in [6.07, 6.45) is 12.4. The Kier molecular flexibility index (Phi) is 7.36. The first-order valence-corrected chi connectivity index (χ1v) is 8.69. The molecule has 145 valence electrons. The van der Waals surface area contributed by atoms with Crippen LogP contribution in [0.15, 0.2) is 85.8 Å². The molecule has 3 heterocycles. The van der Waals surface area contributed by atoms with Crippen molar-refractivity contribution in [2.75, 3.05) is 0 Å². The molecule has 0 bridgehead atoms. The molecule has 0 amide bonds. The minimum atomic E-state index is 0. The predicted molar refractivity (Wildman–Crippen MR) is 106 cm³/mol. The molecule has 8 heteroatoms. The third-order valence-electron chi connectivity index (χ3n) is 4.68. The van der Waals surface area contributed by atoms with Crippen LogP contribution in [0.5, 0.6) is 0 Å². The van der Waals surface area contributed by atoms with Gasteiger partial charge in [0, 0.05) is 0 Å². The third-order valence-corrected chi connectivity index (χ3v) is 4.68. The molecular formula is C21H17Cl2N5V. The van der Waals surface area contributed by atoms with E-state index >= 15 is 0 Å². The number of nitrogens with zero attached hydrogens (tertiary/aromatic N) is 5. The molecular weight excluding hydrogens is 444 g/mol. The average molecular weight is 461 g/mol. The minimum absolute atomic E-state index is 0. The maximum absolute atomic E-state index is 4.73. The number of halogens is 2. The number of amidine groups is 2. The molecule has 2 atom stereocenters. The van der Waals surface area contributed by atoms with Crippen molar-refractivity contribution in [2.45, 2.75) is 25.9 Å². The number of rotatable bonds is 2. The number of pyridine rings is 1. The Labute approximate surface area is 194 Å². The second kappa shape index (κ2) is 9.18. The minimum Gasteiger partial charge on any atom is -1.00 e. The summed E-state index contributed by atoms with van der Waals surface area (Å²) in [6, 6.07) is 5.84. The van der Waals surface area contributed by atoms with Gasteiger partial charge in [-0.3, -0.25) is 9.98 Å². The molecule has 1 aromatic heterocycles. The fourth-order valence-electron chi connectivity index (χ4n) is 3.32. The van der Waals surface area contributed by atoms with Crippen LogP contribution >= 0.6 is 0 Å². The van der Waals surface area contributed by atoms with Gasteiger partial charge in [-0.1, -0.05) is 41.5 Å². The van der Waals surface area contributed by atoms with E-state index in [0.717, 1.165) is 22.8 Å². The van der Waals surface area contributed by atoms with Crippen molar-refractivity contribution in [3.05, 3.63) is 77.2 Å². The molecule has 1 aromatic rings. The first kappa shape index (κ1) is 23.2. The Morgan fingerprint density at radius 1 is 0.690 bits per heavy atom. The summed E-state index contributed by atoms with van der Waals surface area (Å²) in [6.45, 7) is 4.14. The Bertz CT molecular complexity index is 995. The molecule has 2 aliphatic heterocycles. The van der Waals surface area contributed by atoms with Crippen LogP contribution < -0.4 is 24.8 Å². The van der Waals surface area contributed by atoms with Gasteiger partial charge in [0.15, 0.2) is 11.7 Å². The van der Waals surface area contributed by atoms with Gasteiger partial charge in [0.1, 0.15) is 23.5 Å². The van der Waals surface area contributed by atoms with Crippen molar-refractivity contribution in [1.82, 2.24) is 4.98 Å². The van der Waals surface area contributed by atoms with Crippen LogP contribution in [0.4, 0.5) is 0 Å². The summed E-state index contributed by atoms with van der Waals surface area (Å²) in [5, 5.41) is 0. The van der Waals surface area contributed by atoms with Crippen molar-refractivity contribution < 1.29 is 43.4 Å². The summed E-state index contributed by atoms with van der Waals surface area (Å²) < 4.78 is 0. The van der Waals surface area contributed by atoms with E-state index in [-0.39, 0.29) is 55.5 Å².